The molecule has 3 rings (SSSR count). The van der Waals surface area contributed by atoms with Crippen LogP contribution in [0.3, 0.4) is 0 Å². The SMILES string of the molecule is Cc1cc(CCc2ccccc2)oc(=O)c1C(=O)N(C)C(C)c1ccncc1. The summed E-state index contributed by atoms with van der Waals surface area (Å²) in [5.41, 5.74) is 2.27. The molecule has 2 aromatic heterocycles. The first-order valence-corrected chi connectivity index (χ1v) is 9.32. The van der Waals surface area contributed by atoms with Crippen LogP contribution in [0.15, 0.2) is 70.1 Å². The number of amides is 1. The standard InChI is InChI=1S/C23H24N2O3/c1-16-15-20(10-9-18-7-5-4-6-8-18)28-23(27)21(16)22(26)25(3)17(2)19-11-13-24-14-12-19/h4-8,11-15,17H,9-10H2,1-3H3. The Hall–Kier alpha value is -3.21. The van der Waals surface area contributed by atoms with Crippen LogP contribution in [0.25, 0.3) is 0 Å². The predicted octanol–water partition coefficient (Wildman–Crippen LogP) is 3.96. The summed E-state index contributed by atoms with van der Waals surface area (Å²) < 4.78 is 5.45. The van der Waals surface area contributed by atoms with Crippen LogP contribution in [-0.4, -0.2) is 22.8 Å². The maximum Gasteiger partial charge on any atom is 0.349 e. The summed E-state index contributed by atoms with van der Waals surface area (Å²) in [7, 11) is 1.69. The average Bonchev–Trinajstić information content (AvgIpc) is 2.72. The summed E-state index contributed by atoms with van der Waals surface area (Å²) in [5, 5.41) is 0. The highest BCUT2D eigenvalue weighted by atomic mass is 16.4. The molecular formula is C23H24N2O3. The highest BCUT2D eigenvalue weighted by molar-refractivity contribution is 5.95. The molecule has 0 radical (unpaired) electrons. The highest BCUT2D eigenvalue weighted by Crippen LogP contribution is 2.20. The molecule has 0 bridgehead atoms. The topological polar surface area (TPSA) is 63.4 Å². The molecule has 2 heterocycles. The number of pyridine rings is 1. The number of carbonyl (C=O) groups excluding carboxylic acids is 1. The fourth-order valence-corrected chi connectivity index (χ4v) is 3.18. The van der Waals surface area contributed by atoms with Gasteiger partial charge in [0.05, 0.1) is 6.04 Å². The molecule has 0 fully saturated rings. The van der Waals surface area contributed by atoms with E-state index in [0.29, 0.717) is 17.7 Å². The minimum atomic E-state index is -0.582. The van der Waals surface area contributed by atoms with E-state index in [1.165, 1.54) is 5.56 Å². The number of carbonyl (C=O) groups is 1. The molecule has 0 saturated carbocycles. The molecule has 1 aromatic carbocycles. The van der Waals surface area contributed by atoms with Gasteiger partial charge in [0.2, 0.25) is 0 Å². The second-order valence-corrected chi connectivity index (χ2v) is 6.92. The average molecular weight is 376 g/mol. The molecular weight excluding hydrogens is 352 g/mol. The molecule has 3 aromatic rings. The number of hydrogen-bond acceptors (Lipinski definition) is 4. The molecule has 0 aliphatic heterocycles. The van der Waals surface area contributed by atoms with Gasteiger partial charge >= 0.3 is 5.63 Å². The number of benzene rings is 1. The second kappa shape index (κ2) is 8.65. The monoisotopic (exact) mass is 376 g/mol. The number of nitrogens with zero attached hydrogens (tertiary/aromatic N) is 2. The third-order valence-electron chi connectivity index (χ3n) is 5.01. The van der Waals surface area contributed by atoms with Gasteiger partial charge < -0.3 is 9.32 Å². The van der Waals surface area contributed by atoms with Gasteiger partial charge in [0.15, 0.2) is 0 Å². The smallest absolute Gasteiger partial charge is 0.349 e. The van der Waals surface area contributed by atoms with Crippen LogP contribution in [0, 0.1) is 6.92 Å². The van der Waals surface area contributed by atoms with Crippen molar-refractivity contribution in [3.05, 3.63) is 99.4 Å². The van der Waals surface area contributed by atoms with Crippen LogP contribution in [0.2, 0.25) is 0 Å². The van der Waals surface area contributed by atoms with Gasteiger partial charge in [0.25, 0.3) is 5.91 Å². The van der Waals surface area contributed by atoms with E-state index in [2.05, 4.69) is 4.98 Å². The van der Waals surface area contributed by atoms with E-state index in [1.807, 2.05) is 49.4 Å². The number of aromatic nitrogens is 1. The molecule has 0 N–H and O–H groups in total. The zero-order valence-corrected chi connectivity index (χ0v) is 16.4. The molecule has 0 spiro atoms. The van der Waals surface area contributed by atoms with Crippen molar-refractivity contribution in [2.45, 2.75) is 32.7 Å². The van der Waals surface area contributed by atoms with Gasteiger partial charge in [-0.1, -0.05) is 30.3 Å². The summed E-state index contributed by atoms with van der Waals surface area (Å²) in [4.78, 5) is 31.0. The van der Waals surface area contributed by atoms with Crippen LogP contribution >= 0.6 is 0 Å². The van der Waals surface area contributed by atoms with Crippen LogP contribution in [-0.2, 0) is 12.8 Å². The molecule has 5 nitrogen and oxygen atoms in total. The van der Waals surface area contributed by atoms with E-state index in [4.69, 9.17) is 4.42 Å². The van der Waals surface area contributed by atoms with E-state index in [0.717, 1.165) is 12.0 Å². The van der Waals surface area contributed by atoms with Gasteiger partial charge in [-0.25, -0.2) is 4.79 Å². The third-order valence-corrected chi connectivity index (χ3v) is 5.01. The lowest BCUT2D eigenvalue weighted by Crippen LogP contribution is -2.33. The van der Waals surface area contributed by atoms with Gasteiger partial charge in [0.1, 0.15) is 11.3 Å². The predicted molar refractivity (Wildman–Crippen MR) is 108 cm³/mol. The second-order valence-electron chi connectivity index (χ2n) is 6.92. The lowest BCUT2D eigenvalue weighted by atomic mass is 10.0. The molecule has 0 saturated heterocycles. The van der Waals surface area contributed by atoms with E-state index < -0.39 is 5.63 Å². The van der Waals surface area contributed by atoms with Crippen molar-refractivity contribution >= 4 is 5.91 Å². The Kier molecular flexibility index (Phi) is 6.04. The van der Waals surface area contributed by atoms with E-state index in [-0.39, 0.29) is 17.5 Å². The minimum absolute atomic E-state index is 0.0897. The van der Waals surface area contributed by atoms with Crippen LogP contribution in [0.4, 0.5) is 0 Å². The van der Waals surface area contributed by atoms with Gasteiger partial charge in [-0.15, -0.1) is 0 Å². The quantitative estimate of drug-likeness (QED) is 0.653. The normalized spacial score (nSPS) is 11.8. The lowest BCUT2D eigenvalue weighted by molar-refractivity contribution is 0.0736. The van der Waals surface area contributed by atoms with Crippen molar-refractivity contribution in [2.24, 2.45) is 0 Å². The van der Waals surface area contributed by atoms with Crippen molar-refractivity contribution in [2.75, 3.05) is 7.05 Å². The highest BCUT2D eigenvalue weighted by Gasteiger charge is 2.24. The summed E-state index contributed by atoms with van der Waals surface area (Å²) in [5.74, 6) is 0.248. The molecule has 144 valence electrons. The van der Waals surface area contributed by atoms with E-state index in [9.17, 15) is 9.59 Å². The van der Waals surface area contributed by atoms with Gasteiger partial charge in [-0.3, -0.25) is 9.78 Å². The minimum Gasteiger partial charge on any atom is -0.427 e. The van der Waals surface area contributed by atoms with Gasteiger partial charge in [-0.2, -0.15) is 0 Å². The Balaban J connectivity index is 1.78. The Labute approximate surface area is 164 Å². The maximum absolute atomic E-state index is 12.9. The third kappa shape index (κ3) is 4.36. The summed E-state index contributed by atoms with van der Waals surface area (Å²) >= 11 is 0. The zero-order chi connectivity index (χ0) is 20.1. The number of aryl methyl sites for hydroxylation is 3. The summed E-state index contributed by atoms with van der Waals surface area (Å²) in [6.07, 6.45) is 4.75. The molecule has 0 aliphatic rings. The van der Waals surface area contributed by atoms with E-state index in [1.54, 1.807) is 37.3 Å². The zero-order valence-electron chi connectivity index (χ0n) is 16.4. The number of hydrogen-bond donors (Lipinski definition) is 0. The largest absolute Gasteiger partial charge is 0.427 e. The summed E-state index contributed by atoms with van der Waals surface area (Å²) in [6.45, 7) is 3.69. The molecule has 1 atom stereocenters. The van der Waals surface area contributed by atoms with Crippen LogP contribution < -0.4 is 5.63 Å². The molecule has 0 aliphatic carbocycles. The van der Waals surface area contributed by atoms with Crippen molar-refractivity contribution in [1.29, 1.82) is 0 Å². The number of rotatable bonds is 6. The molecule has 28 heavy (non-hydrogen) atoms. The van der Waals surface area contributed by atoms with Gasteiger partial charge in [-0.05, 0) is 55.2 Å². The van der Waals surface area contributed by atoms with Crippen molar-refractivity contribution < 1.29 is 9.21 Å². The molecule has 5 heteroatoms. The first-order valence-electron chi connectivity index (χ1n) is 9.32. The lowest BCUT2D eigenvalue weighted by Gasteiger charge is -2.25. The fourth-order valence-electron chi connectivity index (χ4n) is 3.18. The maximum atomic E-state index is 12.9. The van der Waals surface area contributed by atoms with Crippen molar-refractivity contribution in [3.8, 4) is 0 Å². The molecule has 1 unspecified atom stereocenters. The van der Waals surface area contributed by atoms with Gasteiger partial charge in [0, 0.05) is 25.9 Å². The Morgan fingerprint density at radius 2 is 1.79 bits per heavy atom. The fraction of sp³-hybridized carbons (Fsp3) is 0.261. The molecule has 1 amide bonds. The summed E-state index contributed by atoms with van der Waals surface area (Å²) in [6, 6.07) is 15.3. The van der Waals surface area contributed by atoms with Crippen LogP contribution in [0.5, 0.6) is 0 Å². The van der Waals surface area contributed by atoms with E-state index >= 15 is 0 Å². The Morgan fingerprint density at radius 3 is 2.43 bits per heavy atom. The van der Waals surface area contributed by atoms with Crippen LogP contribution in [0.1, 0.15) is 45.8 Å². The van der Waals surface area contributed by atoms with Crippen molar-refractivity contribution in [1.82, 2.24) is 9.88 Å². The Bertz CT molecular complexity index is 997. The first kappa shape index (κ1) is 19.5. The Morgan fingerprint density at radius 1 is 1.11 bits per heavy atom. The first-order chi connectivity index (χ1) is 13.5. The van der Waals surface area contributed by atoms with Crippen molar-refractivity contribution in [3.63, 3.8) is 0 Å².